The third-order valence-corrected chi connectivity index (χ3v) is 9.18. The number of esters is 1. The highest BCUT2D eigenvalue weighted by atomic mass is 16.5. The first-order valence-corrected chi connectivity index (χ1v) is 11.5. The van der Waals surface area contributed by atoms with Gasteiger partial charge in [-0.2, -0.15) is 0 Å². The molecule has 162 valence electrons. The van der Waals surface area contributed by atoms with Crippen LogP contribution in [0.25, 0.3) is 0 Å². The van der Waals surface area contributed by atoms with E-state index >= 15 is 0 Å². The molecule has 0 saturated heterocycles. The van der Waals surface area contributed by atoms with Crippen LogP contribution in [0.15, 0.2) is 11.6 Å². The summed E-state index contributed by atoms with van der Waals surface area (Å²) in [5.41, 5.74) is 0.774. The highest BCUT2D eigenvalue weighted by Gasteiger charge is 2.64. The molecule has 4 aliphatic carbocycles. The molecule has 0 bridgehead atoms. The summed E-state index contributed by atoms with van der Waals surface area (Å²) in [5.74, 6) is 0.360. The zero-order valence-corrected chi connectivity index (χ0v) is 18.0. The molecule has 4 aliphatic rings. The molecule has 2 N–H and O–H groups in total. The highest BCUT2D eigenvalue weighted by Crippen LogP contribution is 2.67. The zero-order chi connectivity index (χ0) is 21.0. The summed E-state index contributed by atoms with van der Waals surface area (Å²) < 4.78 is 5.95. The summed E-state index contributed by atoms with van der Waals surface area (Å²) in [4.78, 5) is 24.6. The van der Waals surface area contributed by atoms with Crippen molar-refractivity contribution in [3.05, 3.63) is 11.6 Å². The molecule has 0 aromatic heterocycles. The monoisotopic (exact) mass is 404 g/mol. The average Bonchev–Trinajstić information content (AvgIpc) is 3.04. The highest BCUT2D eigenvalue weighted by molar-refractivity contribution is 5.83. The van der Waals surface area contributed by atoms with Gasteiger partial charge < -0.3 is 14.9 Å². The first-order chi connectivity index (χ1) is 13.8. The van der Waals surface area contributed by atoms with Crippen LogP contribution in [0.1, 0.15) is 72.1 Å². The van der Waals surface area contributed by atoms with Crippen molar-refractivity contribution in [2.24, 2.45) is 34.5 Å². The fourth-order valence-electron chi connectivity index (χ4n) is 7.92. The van der Waals surface area contributed by atoms with Gasteiger partial charge in [0.2, 0.25) is 0 Å². The van der Waals surface area contributed by atoms with E-state index in [0.717, 1.165) is 38.5 Å². The normalized spacial score (nSPS) is 46.2. The third kappa shape index (κ3) is 3.03. The van der Waals surface area contributed by atoms with Crippen molar-refractivity contribution in [2.45, 2.75) is 84.3 Å². The maximum absolute atomic E-state index is 12.4. The molecule has 8 atom stereocenters. The molecule has 0 aromatic carbocycles. The lowest BCUT2D eigenvalue weighted by molar-refractivity contribution is -0.180. The summed E-state index contributed by atoms with van der Waals surface area (Å²) in [5, 5.41) is 20.9. The van der Waals surface area contributed by atoms with Crippen LogP contribution >= 0.6 is 0 Å². The number of ether oxygens (including phenoxy) is 1. The van der Waals surface area contributed by atoms with E-state index in [1.165, 1.54) is 5.57 Å². The smallest absolute Gasteiger partial charge is 0.305 e. The Kier molecular flexibility index (Phi) is 5.44. The van der Waals surface area contributed by atoms with E-state index < -0.39 is 12.7 Å². The molecule has 0 aromatic rings. The minimum Gasteiger partial charge on any atom is -0.461 e. The summed E-state index contributed by atoms with van der Waals surface area (Å²) in [6, 6.07) is 0. The van der Waals surface area contributed by atoms with Crippen LogP contribution in [0.3, 0.4) is 0 Å². The number of Topliss-reactive ketones (excluding diaryl/α,β-unsaturated/α-hetero) is 1. The van der Waals surface area contributed by atoms with E-state index in [4.69, 9.17) is 4.74 Å². The fourth-order valence-corrected chi connectivity index (χ4v) is 7.92. The quantitative estimate of drug-likeness (QED) is 0.554. The summed E-state index contributed by atoms with van der Waals surface area (Å²) >= 11 is 0. The van der Waals surface area contributed by atoms with Crippen molar-refractivity contribution in [3.63, 3.8) is 0 Å². The Morgan fingerprint density at radius 1 is 1.21 bits per heavy atom. The van der Waals surface area contributed by atoms with Gasteiger partial charge in [0.05, 0.1) is 6.10 Å². The SMILES string of the molecule is CCC(=O)OC1CCC=C2CC[C@@H]3[C@H]([C@@H](O)C[C@]4(C)[C@@H](C(=O)CO)CC[C@@H]34)[C@]21C. The molecule has 4 rings (SSSR count). The van der Waals surface area contributed by atoms with Gasteiger partial charge in [0.1, 0.15) is 12.7 Å². The van der Waals surface area contributed by atoms with Crippen LogP contribution < -0.4 is 0 Å². The molecule has 5 heteroatoms. The maximum atomic E-state index is 12.4. The zero-order valence-electron chi connectivity index (χ0n) is 18.0. The van der Waals surface area contributed by atoms with Gasteiger partial charge in [-0.3, -0.25) is 9.59 Å². The number of aliphatic hydroxyl groups is 2. The topological polar surface area (TPSA) is 83.8 Å². The molecule has 0 heterocycles. The molecular weight excluding hydrogens is 368 g/mol. The van der Waals surface area contributed by atoms with Gasteiger partial charge in [-0.1, -0.05) is 32.4 Å². The molecule has 3 fully saturated rings. The van der Waals surface area contributed by atoms with Gasteiger partial charge in [0.25, 0.3) is 0 Å². The fraction of sp³-hybridized carbons (Fsp3) is 0.833. The van der Waals surface area contributed by atoms with E-state index in [0.29, 0.717) is 24.7 Å². The number of hydrogen-bond donors (Lipinski definition) is 2. The number of hydrogen-bond acceptors (Lipinski definition) is 5. The number of aliphatic hydroxyl groups excluding tert-OH is 2. The molecule has 5 nitrogen and oxygen atoms in total. The van der Waals surface area contributed by atoms with Gasteiger partial charge >= 0.3 is 5.97 Å². The Bertz CT molecular complexity index is 714. The summed E-state index contributed by atoms with van der Waals surface area (Å²) in [7, 11) is 0. The molecule has 0 radical (unpaired) electrons. The van der Waals surface area contributed by atoms with Crippen LogP contribution in [0.2, 0.25) is 0 Å². The summed E-state index contributed by atoms with van der Waals surface area (Å²) in [6.45, 7) is 5.79. The van der Waals surface area contributed by atoms with Crippen molar-refractivity contribution >= 4 is 11.8 Å². The van der Waals surface area contributed by atoms with E-state index in [2.05, 4.69) is 19.9 Å². The number of ketones is 1. The second-order valence-corrected chi connectivity index (χ2v) is 10.3. The van der Waals surface area contributed by atoms with Crippen molar-refractivity contribution in [1.29, 1.82) is 0 Å². The lowest BCUT2D eigenvalue weighted by atomic mass is 9.45. The van der Waals surface area contributed by atoms with E-state index in [9.17, 15) is 19.8 Å². The van der Waals surface area contributed by atoms with Crippen molar-refractivity contribution < 1.29 is 24.5 Å². The van der Waals surface area contributed by atoms with Crippen molar-refractivity contribution in [2.75, 3.05) is 6.61 Å². The van der Waals surface area contributed by atoms with Gasteiger partial charge in [0.15, 0.2) is 5.78 Å². The van der Waals surface area contributed by atoms with Crippen LogP contribution in [0.4, 0.5) is 0 Å². The van der Waals surface area contributed by atoms with Crippen LogP contribution in [-0.2, 0) is 14.3 Å². The van der Waals surface area contributed by atoms with Crippen LogP contribution in [-0.4, -0.2) is 40.8 Å². The van der Waals surface area contributed by atoms with Gasteiger partial charge in [0, 0.05) is 23.7 Å². The minimum absolute atomic E-state index is 0.0542. The second-order valence-electron chi connectivity index (χ2n) is 10.3. The number of rotatable bonds is 4. The standard InChI is InChI=1S/C24H36O5/c1-4-21(28)29-20-7-5-6-14-8-9-15-16-10-11-17(19(27)13-25)23(16,2)12-18(26)22(15)24(14,20)3/h6,15-18,20,22,25-26H,4-5,7-13H2,1-3H3/t15-,16-,17+,18-,20?,22+,23-,24+/m0/s1. The lowest BCUT2D eigenvalue weighted by Crippen LogP contribution is -2.60. The van der Waals surface area contributed by atoms with Crippen LogP contribution in [0.5, 0.6) is 0 Å². The molecule has 3 saturated carbocycles. The Morgan fingerprint density at radius 3 is 2.66 bits per heavy atom. The number of allylic oxidation sites excluding steroid dienone is 1. The predicted octanol–water partition coefficient (Wildman–Crippen LogP) is 3.42. The number of carbonyl (C=O) groups is 2. The Hall–Kier alpha value is -1.20. The average molecular weight is 405 g/mol. The Balaban J connectivity index is 1.70. The first-order valence-electron chi connectivity index (χ1n) is 11.5. The Morgan fingerprint density at radius 2 is 1.97 bits per heavy atom. The van der Waals surface area contributed by atoms with Crippen molar-refractivity contribution in [1.82, 2.24) is 0 Å². The maximum Gasteiger partial charge on any atom is 0.305 e. The molecular formula is C24H36O5. The molecule has 0 amide bonds. The number of carbonyl (C=O) groups excluding carboxylic acids is 2. The Labute approximate surface area is 173 Å². The molecule has 0 spiro atoms. The van der Waals surface area contributed by atoms with Crippen molar-refractivity contribution in [3.8, 4) is 0 Å². The third-order valence-electron chi connectivity index (χ3n) is 9.18. The molecule has 29 heavy (non-hydrogen) atoms. The van der Waals surface area contributed by atoms with Crippen LogP contribution in [0, 0.1) is 34.5 Å². The molecule has 1 unspecified atom stereocenters. The first kappa shape index (κ1) is 21.0. The number of fused-ring (bicyclic) bond motifs is 5. The summed E-state index contributed by atoms with van der Waals surface area (Å²) in [6.07, 6.45) is 8.11. The minimum atomic E-state index is -0.525. The van der Waals surface area contributed by atoms with E-state index in [-0.39, 0.29) is 40.5 Å². The second kappa shape index (κ2) is 7.49. The van der Waals surface area contributed by atoms with E-state index in [1.807, 2.05) is 6.92 Å². The van der Waals surface area contributed by atoms with Gasteiger partial charge in [-0.05, 0) is 62.2 Å². The lowest BCUT2D eigenvalue weighted by Gasteiger charge is -2.61. The molecule has 0 aliphatic heterocycles. The van der Waals surface area contributed by atoms with Gasteiger partial charge in [-0.25, -0.2) is 0 Å². The van der Waals surface area contributed by atoms with E-state index in [1.54, 1.807) is 0 Å². The predicted molar refractivity (Wildman–Crippen MR) is 109 cm³/mol. The van der Waals surface area contributed by atoms with Gasteiger partial charge in [-0.15, -0.1) is 0 Å². The largest absolute Gasteiger partial charge is 0.461 e.